The van der Waals surface area contributed by atoms with E-state index in [1.807, 2.05) is 4.68 Å². The van der Waals surface area contributed by atoms with E-state index in [1.165, 1.54) is 19.3 Å². The van der Waals surface area contributed by atoms with Gasteiger partial charge in [-0.05, 0) is 56.3 Å². The van der Waals surface area contributed by atoms with Crippen LogP contribution in [0.1, 0.15) is 49.0 Å². The lowest BCUT2D eigenvalue weighted by Crippen LogP contribution is -2.52. The highest BCUT2D eigenvalue weighted by molar-refractivity contribution is 6.33. The van der Waals surface area contributed by atoms with E-state index in [9.17, 15) is 4.79 Å². The van der Waals surface area contributed by atoms with Gasteiger partial charge in [0, 0.05) is 6.20 Å². The zero-order chi connectivity index (χ0) is 13.2. The minimum atomic E-state index is -1.03. The predicted octanol–water partition coefficient (Wildman–Crippen LogP) is 3.16. The number of hydrogen-bond donors (Lipinski definition) is 1. The van der Waals surface area contributed by atoms with E-state index in [2.05, 4.69) is 5.10 Å². The van der Waals surface area contributed by atoms with Crippen LogP contribution in [-0.2, 0) is 5.54 Å². The molecule has 0 amide bonds. The first-order valence-electron chi connectivity index (χ1n) is 7.05. The van der Waals surface area contributed by atoms with Crippen LogP contribution < -0.4 is 0 Å². The van der Waals surface area contributed by atoms with Crippen molar-refractivity contribution in [2.45, 2.75) is 44.1 Å². The van der Waals surface area contributed by atoms with Crippen LogP contribution in [-0.4, -0.2) is 20.9 Å². The molecule has 1 aromatic heterocycles. The van der Waals surface area contributed by atoms with Crippen LogP contribution in [0.2, 0.25) is 5.02 Å². The van der Waals surface area contributed by atoms with Crippen LogP contribution in [0.15, 0.2) is 6.20 Å². The second-order valence-corrected chi connectivity index (χ2v) is 7.12. The maximum Gasteiger partial charge on any atom is 0.357 e. The Kier molecular flexibility index (Phi) is 2.32. The molecule has 0 radical (unpaired) electrons. The number of halogens is 1. The third kappa shape index (κ3) is 1.65. The van der Waals surface area contributed by atoms with Gasteiger partial charge in [0.05, 0.1) is 10.6 Å². The van der Waals surface area contributed by atoms with Crippen LogP contribution in [0, 0.1) is 17.8 Å². The van der Waals surface area contributed by atoms with E-state index >= 15 is 0 Å². The molecule has 19 heavy (non-hydrogen) atoms. The number of aromatic carboxylic acids is 1. The minimum absolute atomic E-state index is 0.00240. The molecule has 4 bridgehead atoms. The number of aromatic nitrogens is 2. The largest absolute Gasteiger partial charge is 0.476 e. The highest BCUT2D eigenvalue weighted by Crippen LogP contribution is 2.58. The lowest BCUT2D eigenvalue weighted by atomic mass is 9.53. The second kappa shape index (κ2) is 3.75. The van der Waals surface area contributed by atoms with Crippen molar-refractivity contribution in [1.29, 1.82) is 0 Å². The van der Waals surface area contributed by atoms with E-state index in [0.717, 1.165) is 37.0 Å². The monoisotopic (exact) mass is 280 g/mol. The standard InChI is InChI=1S/C14H17ClN2O2/c15-11-7-17(16-12(11)13(18)19)14-4-8-1-9(5-14)3-10(2-8)6-14/h7-10H,1-6H2,(H,18,19). The van der Waals surface area contributed by atoms with E-state index in [-0.39, 0.29) is 16.3 Å². The van der Waals surface area contributed by atoms with E-state index in [4.69, 9.17) is 16.7 Å². The van der Waals surface area contributed by atoms with Crippen LogP contribution in [0.25, 0.3) is 0 Å². The third-order valence-corrected chi connectivity index (χ3v) is 5.64. The Morgan fingerprint density at radius 1 is 1.26 bits per heavy atom. The zero-order valence-corrected chi connectivity index (χ0v) is 11.4. The minimum Gasteiger partial charge on any atom is -0.476 e. The van der Waals surface area contributed by atoms with Gasteiger partial charge in [-0.1, -0.05) is 11.6 Å². The van der Waals surface area contributed by atoms with Gasteiger partial charge in [-0.25, -0.2) is 4.79 Å². The molecule has 4 aliphatic rings. The van der Waals surface area contributed by atoms with Crippen molar-refractivity contribution in [3.63, 3.8) is 0 Å². The first-order valence-corrected chi connectivity index (χ1v) is 7.42. The molecule has 0 spiro atoms. The van der Waals surface area contributed by atoms with Crippen molar-refractivity contribution in [3.05, 3.63) is 16.9 Å². The van der Waals surface area contributed by atoms with Crippen LogP contribution in [0.5, 0.6) is 0 Å². The molecule has 5 rings (SSSR count). The average Bonchev–Trinajstić information content (AvgIpc) is 2.70. The SMILES string of the molecule is O=C(O)c1nn(C23CC4CC(CC(C4)C2)C3)cc1Cl. The highest BCUT2D eigenvalue weighted by atomic mass is 35.5. The normalized spacial score (nSPS) is 39.7. The number of carboxylic acid groups (broad SMARTS) is 1. The number of nitrogens with zero attached hydrogens (tertiary/aromatic N) is 2. The summed E-state index contributed by atoms with van der Waals surface area (Å²) in [6, 6.07) is 0. The van der Waals surface area contributed by atoms with E-state index in [0.29, 0.717) is 0 Å². The van der Waals surface area contributed by atoms with Crippen molar-refractivity contribution in [3.8, 4) is 0 Å². The molecule has 1 heterocycles. The molecule has 0 aromatic carbocycles. The first kappa shape index (κ1) is 11.8. The van der Waals surface area contributed by atoms with Gasteiger partial charge >= 0.3 is 5.97 Å². The topological polar surface area (TPSA) is 55.1 Å². The zero-order valence-electron chi connectivity index (χ0n) is 10.7. The summed E-state index contributed by atoms with van der Waals surface area (Å²) in [6.07, 6.45) is 9.26. The quantitative estimate of drug-likeness (QED) is 0.905. The molecule has 4 nitrogen and oxygen atoms in total. The number of rotatable bonds is 2. The summed E-state index contributed by atoms with van der Waals surface area (Å²) >= 11 is 6.02. The van der Waals surface area contributed by atoms with Gasteiger partial charge in [0.15, 0.2) is 5.69 Å². The smallest absolute Gasteiger partial charge is 0.357 e. The molecule has 1 aromatic rings. The lowest BCUT2D eigenvalue weighted by Gasteiger charge is -2.56. The van der Waals surface area contributed by atoms with Crippen LogP contribution in [0.4, 0.5) is 0 Å². The fourth-order valence-electron chi connectivity index (χ4n) is 5.09. The van der Waals surface area contributed by atoms with Gasteiger partial charge in [-0.3, -0.25) is 4.68 Å². The molecule has 1 N–H and O–H groups in total. The summed E-state index contributed by atoms with van der Waals surface area (Å²) in [5.74, 6) is 1.39. The van der Waals surface area contributed by atoms with Crippen molar-refractivity contribution >= 4 is 17.6 Å². The number of hydrogen-bond acceptors (Lipinski definition) is 2. The molecule has 4 fully saturated rings. The molecule has 0 atom stereocenters. The van der Waals surface area contributed by atoms with Gasteiger partial charge in [-0.2, -0.15) is 5.10 Å². The molecule has 102 valence electrons. The van der Waals surface area contributed by atoms with Gasteiger partial charge < -0.3 is 5.11 Å². The number of carbonyl (C=O) groups is 1. The van der Waals surface area contributed by atoms with Crippen LogP contribution >= 0.6 is 11.6 Å². The van der Waals surface area contributed by atoms with E-state index < -0.39 is 5.97 Å². The summed E-state index contributed by atoms with van der Waals surface area (Å²) in [4.78, 5) is 11.1. The fourth-order valence-corrected chi connectivity index (χ4v) is 5.30. The molecular formula is C14H17ClN2O2. The Morgan fingerprint density at radius 3 is 2.21 bits per heavy atom. The second-order valence-electron chi connectivity index (χ2n) is 6.72. The maximum absolute atomic E-state index is 11.1. The Balaban J connectivity index is 1.75. The Bertz CT molecular complexity index is 516. The van der Waals surface area contributed by atoms with Crippen molar-refractivity contribution in [2.75, 3.05) is 0 Å². The highest BCUT2D eigenvalue weighted by Gasteiger charge is 2.52. The van der Waals surface area contributed by atoms with Gasteiger partial charge in [0.25, 0.3) is 0 Å². The Hall–Kier alpha value is -1.03. The average molecular weight is 281 g/mol. The molecule has 0 aliphatic heterocycles. The van der Waals surface area contributed by atoms with E-state index in [1.54, 1.807) is 6.20 Å². The maximum atomic E-state index is 11.1. The molecule has 0 unspecified atom stereocenters. The predicted molar refractivity (Wildman–Crippen MR) is 70.3 cm³/mol. The van der Waals surface area contributed by atoms with Gasteiger partial charge in [0.1, 0.15) is 0 Å². The molecule has 4 saturated carbocycles. The van der Waals surface area contributed by atoms with Crippen LogP contribution in [0.3, 0.4) is 0 Å². The third-order valence-electron chi connectivity index (χ3n) is 5.36. The molecular weight excluding hydrogens is 264 g/mol. The summed E-state index contributed by atoms with van der Waals surface area (Å²) in [5.41, 5.74) is 0.0453. The fraction of sp³-hybridized carbons (Fsp3) is 0.714. The molecule has 4 aliphatic carbocycles. The van der Waals surface area contributed by atoms with Gasteiger partial charge in [0.2, 0.25) is 0 Å². The number of carboxylic acids is 1. The van der Waals surface area contributed by atoms with Crippen molar-refractivity contribution in [1.82, 2.24) is 9.78 Å². The molecule has 5 heteroatoms. The van der Waals surface area contributed by atoms with Gasteiger partial charge in [-0.15, -0.1) is 0 Å². The van der Waals surface area contributed by atoms with Crippen molar-refractivity contribution in [2.24, 2.45) is 17.8 Å². The summed E-state index contributed by atoms with van der Waals surface area (Å²) in [6.45, 7) is 0. The summed E-state index contributed by atoms with van der Waals surface area (Å²) in [7, 11) is 0. The first-order chi connectivity index (χ1) is 9.06. The summed E-state index contributed by atoms with van der Waals surface area (Å²) in [5, 5.41) is 13.7. The molecule has 0 saturated heterocycles. The summed E-state index contributed by atoms with van der Waals surface area (Å²) < 4.78 is 1.89. The van der Waals surface area contributed by atoms with Crippen molar-refractivity contribution < 1.29 is 9.90 Å². The lowest BCUT2D eigenvalue weighted by molar-refractivity contribution is -0.0495. The Labute approximate surface area is 116 Å². The Morgan fingerprint density at radius 2 is 1.79 bits per heavy atom.